The summed E-state index contributed by atoms with van der Waals surface area (Å²) in [5, 5.41) is 2.27. The summed E-state index contributed by atoms with van der Waals surface area (Å²) < 4.78 is 7.10. The number of fused-ring (bicyclic) bond motifs is 13. The van der Waals surface area contributed by atoms with Crippen LogP contribution in [0.15, 0.2) is 156 Å². The summed E-state index contributed by atoms with van der Waals surface area (Å²) in [7, 11) is 0. The van der Waals surface area contributed by atoms with Crippen molar-refractivity contribution in [2.24, 2.45) is 0 Å². The molecule has 2 unspecified atom stereocenters. The largest absolute Gasteiger partial charge is 0.454 e. The lowest BCUT2D eigenvalue weighted by Gasteiger charge is -2.51. The van der Waals surface area contributed by atoms with Crippen molar-refractivity contribution in [3.05, 3.63) is 185 Å². The van der Waals surface area contributed by atoms with Crippen molar-refractivity contribution in [2.75, 3.05) is 14.7 Å². The van der Waals surface area contributed by atoms with Crippen LogP contribution in [0.5, 0.6) is 0 Å². The predicted octanol–water partition coefficient (Wildman–Crippen LogP) is 17.6. The molecule has 1 saturated carbocycles. The van der Waals surface area contributed by atoms with Gasteiger partial charge in [0.25, 0.3) is 6.71 Å². The smallest absolute Gasteiger partial charge is 0.252 e. The Morgan fingerprint density at radius 1 is 0.461 bits per heavy atom. The van der Waals surface area contributed by atoms with E-state index in [1.807, 2.05) is 0 Å². The summed E-state index contributed by atoms with van der Waals surface area (Å²) in [6.45, 7) is 31.2. The SMILES string of the molecule is CC(C)(C)c1ccc2c(c1)B1c3cc(C(C)(C)C)ccc3N(c3cccc4c3oc3ccccc34)c3cc(N4c5ccc(C(C)(C)C)cc5C5(C)CCCCC45C)cc(c31)N2c1cccc2c1-c1ccccc1C2(C)C. The molecule has 9 aromatic rings. The van der Waals surface area contributed by atoms with E-state index in [9.17, 15) is 0 Å². The second-order valence-corrected chi connectivity index (χ2v) is 27.3. The Hall–Kier alpha value is -6.98. The fraction of sp³-hybridized carbons (Fsp3) is 0.324. The molecule has 5 aliphatic rings. The summed E-state index contributed by atoms with van der Waals surface area (Å²) in [4.78, 5) is 8.14. The second kappa shape index (κ2) is 15.6. The summed E-state index contributed by atoms with van der Waals surface area (Å²) >= 11 is 0. The van der Waals surface area contributed by atoms with Crippen molar-refractivity contribution >= 4 is 90.5 Å². The number of benzene rings is 8. The molecular formula is C71H72BN3O. The number of rotatable bonds is 3. The van der Waals surface area contributed by atoms with Gasteiger partial charge in [-0.25, -0.2) is 0 Å². The van der Waals surface area contributed by atoms with E-state index in [0.717, 1.165) is 40.5 Å². The van der Waals surface area contributed by atoms with E-state index in [1.165, 1.54) is 114 Å². The van der Waals surface area contributed by atoms with Crippen molar-refractivity contribution in [1.29, 1.82) is 0 Å². The van der Waals surface area contributed by atoms with Gasteiger partial charge < -0.3 is 19.1 Å². The molecule has 2 aliphatic carbocycles. The third-order valence-corrected chi connectivity index (χ3v) is 19.5. The zero-order valence-corrected chi connectivity index (χ0v) is 47.1. The van der Waals surface area contributed by atoms with Crippen molar-refractivity contribution in [1.82, 2.24) is 0 Å². The van der Waals surface area contributed by atoms with Gasteiger partial charge in [0.15, 0.2) is 5.58 Å². The number of para-hydroxylation sites is 2. The zero-order valence-electron chi connectivity index (χ0n) is 47.1. The highest BCUT2D eigenvalue weighted by atomic mass is 16.3. The Morgan fingerprint density at radius 3 is 1.67 bits per heavy atom. The first kappa shape index (κ1) is 47.5. The Kier molecular flexibility index (Phi) is 9.74. The molecule has 0 amide bonds. The first-order chi connectivity index (χ1) is 36.1. The molecule has 76 heavy (non-hydrogen) atoms. The highest BCUT2D eigenvalue weighted by Gasteiger charge is 2.58. The van der Waals surface area contributed by atoms with E-state index in [2.05, 4.69) is 256 Å². The maximum Gasteiger partial charge on any atom is 0.252 e. The molecule has 4 nitrogen and oxygen atoms in total. The molecule has 4 heterocycles. The molecule has 0 N–H and O–H groups in total. The van der Waals surface area contributed by atoms with E-state index in [0.29, 0.717) is 0 Å². The van der Waals surface area contributed by atoms with Crippen LogP contribution in [0.25, 0.3) is 33.1 Å². The van der Waals surface area contributed by atoms with Crippen molar-refractivity contribution in [3.63, 3.8) is 0 Å². The Balaban J connectivity index is 1.15. The van der Waals surface area contributed by atoms with E-state index in [4.69, 9.17) is 4.42 Å². The van der Waals surface area contributed by atoms with Crippen molar-refractivity contribution in [2.45, 2.75) is 148 Å². The van der Waals surface area contributed by atoms with Gasteiger partial charge in [-0.1, -0.05) is 199 Å². The quantitative estimate of drug-likeness (QED) is 0.165. The number of hydrogen-bond acceptors (Lipinski definition) is 4. The minimum atomic E-state index is -0.182. The Bertz CT molecular complexity index is 3950. The fourth-order valence-electron chi connectivity index (χ4n) is 15.0. The van der Waals surface area contributed by atoms with Gasteiger partial charge in [-0.15, -0.1) is 0 Å². The van der Waals surface area contributed by atoms with Gasteiger partial charge in [0.2, 0.25) is 0 Å². The van der Waals surface area contributed by atoms with Crippen LogP contribution < -0.4 is 31.1 Å². The Labute approximate surface area is 451 Å². The topological polar surface area (TPSA) is 22.9 Å². The molecule has 0 bridgehead atoms. The molecule has 0 radical (unpaired) electrons. The maximum atomic E-state index is 7.10. The summed E-state index contributed by atoms with van der Waals surface area (Å²) in [6.07, 6.45) is 4.70. The lowest BCUT2D eigenvalue weighted by molar-refractivity contribution is 0.195. The minimum Gasteiger partial charge on any atom is -0.454 e. The van der Waals surface area contributed by atoms with Crippen LogP contribution in [-0.4, -0.2) is 12.3 Å². The van der Waals surface area contributed by atoms with E-state index >= 15 is 0 Å². The van der Waals surface area contributed by atoms with Crippen LogP contribution in [0.1, 0.15) is 149 Å². The molecule has 0 saturated heterocycles. The molecule has 8 aromatic carbocycles. The minimum absolute atomic E-state index is 0.0250. The molecule has 1 fully saturated rings. The van der Waals surface area contributed by atoms with Crippen LogP contribution in [0.4, 0.5) is 45.5 Å². The molecule has 2 atom stereocenters. The van der Waals surface area contributed by atoms with Crippen LogP contribution in [0.3, 0.4) is 0 Å². The average molecular weight is 994 g/mol. The summed E-state index contributed by atoms with van der Waals surface area (Å²) in [5.74, 6) is 0. The van der Waals surface area contributed by atoms with Gasteiger partial charge in [-0.2, -0.15) is 0 Å². The zero-order chi connectivity index (χ0) is 52.8. The van der Waals surface area contributed by atoms with Crippen molar-refractivity contribution in [3.8, 4) is 11.1 Å². The second-order valence-electron chi connectivity index (χ2n) is 27.3. The van der Waals surface area contributed by atoms with Crippen LogP contribution in [0.2, 0.25) is 0 Å². The average Bonchev–Trinajstić information content (AvgIpc) is 3.94. The predicted molar refractivity (Wildman–Crippen MR) is 324 cm³/mol. The molecule has 380 valence electrons. The third kappa shape index (κ3) is 6.38. The van der Waals surface area contributed by atoms with E-state index in [-0.39, 0.29) is 39.3 Å². The first-order valence-corrected chi connectivity index (χ1v) is 28.3. The maximum absolute atomic E-state index is 7.10. The molecule has 3 aliphatic heterocycles. The monoisotopic (exact) mass is 994 g/mol. The lowest BCUT2D eigenvalue weighted by Crippen LogP contribution is -2.62. The van der Waals surface area contributed by atoms with Crippen LogP contribution in [-0.2, 0) is 27.1 Å². The highest BCUT2D eigenvalue weighted by molar-refractivity contribution is 7.00. The standard InChI is InChI=1S/C71H72BN3O/c1-66(2,3)43-30-33-55-52(38-43)70(12)36-18-19-37-71(70,13)75(55)46-41-60-64-61(42-46)74(59-28-20-24-48-47-22-15-17-29-62(47)76-65(48)59)57-35-32-45(68(7,8)9)40-54(57)72(64)53-39-44(67(4,5)6)31-34-56(53)73(60)58-27-21-26-51-63(58)49-23-14-16-25-50(49)69(51,10)11/h14-17,20-35,38-42H,18-19,36-37H2,1-13H3. The fourth-order valence-corrected chi connectivity index (χ4v) is 15.0. The molecule has 1 aromatic heterocycles. The van der Waals surface area contributed by atoms with Gasteiger partial charge in [-0.05, 0) is 140 Å². The number of hydrogen-bond donors (Lipinski definition) is 0. The highest BCUT2D eigenvalue weighted by Crippen LogP contribution is 2.63. The van der Waals surface area contributed by atoms with Gasteiger partial charge in [0, 0.05) is 61.3 Å². The normalized spacial score (nSPS) is 20.1. The molecule has 5 heteroatoms. The lowest BCUT2D eigenvalue weighted by atomic mass is 9.33. The van der Waals surface area contributed by atoms with Gasteiger partial charge in [0.05, 0.1) is 16.9 Å². The number of anilines is 8. The van der Waals surface area contributed by atoms with Crippen LogP contribution in [0, 0.1) is 0 Å². The summed E-state index contributed by atoms with van der Waals surface area (Å²) in [5.41, 5.74) is 26.0. The third-order valence-electron chi connectivity index (χ3n) is 19.5. The molecule has 14 rings (SSSR count). The van der Waals surface area contributed by atoms with Crippen molar-refractivity contribution < 1.29 is 4.42 Å². The number of nitrogens with zero attached hydrogens (tertiary/aromatic N) is 3. The van der Waals surface area contributed by atoms with Gasteiger partial charge >= 0.3 is 0 Å². The Morgan fingerprint density at radius 2 is 1.00 bits per heavy atom. The molecule has 0 spiro atoms. The molecular weight excluding hydrogens is 922 g/mol. The van der Waals surface area contributed by atoms with Crippen LogP contribution >= 0.6 is 0 Å². The van der Waals surface area contributed by atoms with Gasteiger partial charge in [0.1, 0.15) is 5.58 Å². The summed E-state index contributed by atoms with van der Waals surface area (Å²) in [6, 6.07) is 59.3. The van der Waals surface area contributed by atoms with Gasteiger partial charge in [-0.3, -0.25) is 0 Å². The first-order valence-electron chi connectivity index (χ1n) is 28.3. The number of furan rings is 1. The van der Waals surface area contributed by atoms with E-state index < -0.39 is 0 Å². The van der Waals surface area contributed by atoms with E-state index in [1.54, 1.807) is 0 Å².